The zero-order valence-corrected chi connectivity index (χ0v) is 10.8. The van der Waals surface area contributed by atoms with E-state index >= 15 is 0 Å². The van der Waals surface area contributed by atoms with E-state index in [9.17, 15) is 8.42 Å². The fourth-order valence-corrected chi connectivity index (χ4v) is 2.95. The molecule has 5 heteroatoms. The molecule has 0 heterocycles. The van der Waals surface area contributed by atoms with E-state index in [1.807, 2.05) is 0 Å². The fraction of sp³-hybridized carbons (Fsp3) is 1.00. The average Bonchev–Trinajstić information content (AvgIpc) is 2.21. The molecular weight excluding hydrogens is 234 g/mol. The molecule has 1 aliphatic carbocycles. The van der Waals surface area contributed by atoms with Gasteiger partial charge in [0.2, 0.25) is 0 Å². The lowest BCUT2D eigenvalue weighted by Crippen LogP contribution is -2.41. The first-order chi connectivity index (χ1) is 7.05. The van der Waals surface area contributed by atoms with Crippen LogP contribution in [0.25, 0.3) is 0 Å². The Balaban J connectivity index is 2.25. The predicted molar refractivity (Wildman–Crippen MR) is 64.2 cm³/mol. The van der Waals surface area contributed by atoms with Crippen LogP contribution in [0.15, 0.2) is 0 Å². The molecule has 0 aromatic carbocycles. The molecule has 0 spiro atoms. The van der Waals surface area contributed by atoms with E-state index in [1.165, 1.54) is 12.8 Å². The first-order valence-electron chi connectivity index (χ1n) is 5.63. The van der Waals surface area contributed by atoms with Gasteiger partial charge in [0.1, 0.15) is 0 Å². The molecule has 1 aliphatic rings. The van der Waals surface area contributed by atoms with Crippen molar-refractivity contribution >= 4 is 21.4 Å². The quantitative estimate of drug-likeness (QED) is 0.757. The number of alkyl halides is 1. The van der Waals surface area contributed by atoms with Crippen LogP contribution in [0.4, 0.5) is 0 Å². The zero-order valence-electron chi connectivity index (χ0n) is 9.21. The Morgan fingerprint density at radius 2 is 2.00 bits per heavy atom. The normalized spacial score (nSPS) is 27.9. The summed E-state index contributed by atoms with van der Waals surface area (Å²) in [7, 11) is -2.84. The van der Waals surface area contributed by atoms with Crippen molar-refractivity contribution in [2.24, 2.45) is 0 Å². The number of nitrogens with one attached hydrogen (secondary N) is 1. The molecule has 1 rings (SSSR count). The van der Waals surface area contributed by atoms with Crippen LogP contribution < -0.4 is 5.32 Å². The summed E-state index contributed by atoms with van der Waals surface area (Å²) in [6.07, 6.45) is 4.50. The van der Waals surface area contributed by atoms with Crippen molar-refractivity contribution in [3.8, 4) is 0 Å². The van der Waals surface area contributed by atoms with Crippen molar-refractivity contribution in [3.05, 3.63) is 0 Å². The van der Waals surface area contributed by atoms with Gasteiger partial charge in [0.05, 0.1) is 5.75 Å². The standard InChI is InChI=1S/C10H20ClNO2S/c1-2-15(13,14)8-7-12-10-6-4-3-5-9(10)11/h9-10,12H,2-8H2,1H3. The van der Waals surface area contributed by atoms with Gasteiger partial charge < -0.3 is 5.32 Å². The summed E-state index contributed by atoms with van der Waals surface area (Å²) in [4.78, 5) is 0. The van der Waals surface area contributed by atoms with Crippen LogP contribution in [0.5, 0.6) is 0 Å². The summed E-state index contributed by atoms with van der Waals surface area (Å²) in [5.74, 6) is 0.452. The first-order valence-corrected chi connectivity index (χ1v) is 7.89. The molecule has 15 heavy (non-hydrogen) atoms. The second kappa shape index (κ2) is 6.06. The third-order valence-electron chi connectivity index (χ3n) is 2.94. The van der Waals surface area contributed by atoms with Crippen molar-refractivity contribution < 1.29 is 8.42 Å². The maximum atomic E-state index is 11.2. The third-order valence-corrected chi connectivity index (χ3v) is 5.17. The van der Waals surface area contributed by atoms with E-state index in [2.05, 4.69) is 5.32 Å². The highest BCUT2D eigenvalue weighted by atomic mass is 35.5. The molecule has 2 unspecified atom stereocenters. The topological polar surface area (TPSA) is 46.2 Å². The number of halogens is 1. The monoisotopic (exact) mass is 253 g/mol. The lowest BCUT2D eigenvalue weighted by molar-refractivity contribution is 0.386. The van der Waals surface area contributed by atoms with E-state index in [0.29, 0.717) is 12.6 Å². The summed E-state index contributed by atoms with van der Waals surface area (Å²) in [5.41, 5.74) is 0. The van der Waals surface area contributed by atoms with Crippen LogP contribution in [0, 0.1) is 0 Å². The molecule has 90 valence electrons. The largest absolute Gasteiger partial charge is 0.312 e. The van der Waals surface area contributed by atoms with E-state index < -0.39 is 9.84 Å². The van der Waals surface area contributed by atoms with Crippen molar-refractivity contribution in [1.29, 1.82) is 0 Å². The van der Waals surface area contributed by atoms with Crippen LogP contribution in [0.3, 0.4) is 0 Å². The van der Waals surface area contributed by atoms with Crippen LogP contribution in [-0.4, -0.2) is 37.9 Å². The SMILES string of the molecule is CCS(=O)(=O)CCNC1CCCCC1Cl. The number of rotatable bonds is 5. The van der Waals surface area contributed by atoms with E-state index in [1.54, 1.807) is 6.92 Å². The van der Waals surface area contributed by atoms with Gasteiger partial charge in [0.15, 0.2) is 9.84 Å². The molecule has 0 radical (unpaired) electrons. The van der Waals surface area contributed by atoms with Crippen molar-refractivity contribution in [2.45, 2.75) is 44.0 Å². The molecule has 1 saturated carbocycles. The number of hydrogen-bond donors (Lipinski definition) is 1. The van der Waals surface area contributed by atoms with Gasteiger partial charge in [-0.1, -0.05) is 19.8 Å². The predicted octanol–water partition coefficient (Wildman–Crippen LogP) is 1.56. The summed E-state index contributed by atoms with van der Waals surface area (Å²) in [6, 6.07) is 0.299. The lowest BCUT2D eigenvalue weighted by atomic mass is 9.95. The van der Waals surface area contributed by atoms with E-state index in [4.69, 9.17) is 11.6 Å². The minimum atomic E-state index is -2.84. The highest BCUT2D eigenvalue weighted by molar-refractivity contribution is 7.91. The van der Waals surface area contributed by atoms with Gasteiger partial charge in [0.25, 0.3) is 0 Å². The molecule has 1 fully saturated rings. The van der Waals surface area contributed by atoms with Crippen LogP contribution in [0.1, 0.15) is 32.6 Å². The van der Waals surface area contributed by atoms with Gasteiger partial charge in [-0.05, 0) is 12.8 Å². The Kier molecular flexibility index (Phi) is 5.36. The van der Waals surface area contributed by atoms with Crippen LogP contribution in [0.2, 0.25) is 0 Å². The van der Waals surface area contributed by atoms with Gasteiger partial charge in [0, 0.05) is 23.7 Å². The molecule has 0 aromatic heterocycles. The molecule has 1 N–H and O–H groups in total. The van der Waals surface area contributed by atoms with Gasteiger partial charge in [-0.15, -0.1) is 11.6 Å². The number of hydrogen-bond acceptors (Lipinski definition) is 3. The van der Waals surface area contributed by atoms with Crippen molar-refractivity contribution in [3.63, 3.8) is 0 Å². The molecule has 2 atom stereocenters. The van der Waals surface area contributed by atoms with Crippen LogP contribution in [-0.2, 0) is 9.84 Å². The number of sulfone groups is 1. The highest BCUT2D eigenvalue weighted by Crippen LogP contribution is 2.22. The second-order valence-corrected chi connectivity index (χ2v) is 7.13. The summed E-state index contributed by atoms with van der Waals surface area (Å²) in [6.45, 7) is 2.21. The minimum Gasteiger partial charge on any atom is -0.312 e. The smallest absolute Gasteiger partial charge is 0.151 e. The second-order valence-electron chi connectivity index (χ2n) is 4.10. The Morgan fingerprint density at radius 1 is 1.33 bits per heavy atom. The van der Waals surface area contributed by atoms with E-state index in [0.717, 1.165) is 12.8 Å². The molecular formula is C10H20ClNO2S. The fourth-order valence-electron chi connectivity index (χ4n) is 1.86. The average molecular weight is 254 g/mol. The Labute approximate surface area is 97.5 Å². The summed E-state index contributed by atoms with van der Waals surface area (Å²) in [5, 5.41) is 3.42. The molecule has 0 aromatic rings. The Bertz CT molecular complexity index is 279. The Morgan fingerprint density at radius 3 is 2.60 bits per heavy atom. The first kappa shape index (κ1) is 13.3. The van der Waals surface area contributed by atoms with Crippen molar-refractivity contribution in [1.82, 2.24) is 5.32 Å². The molecule has 0 aliphatic heterocycles. The zero-order chi connectivity index (χ0) is 11.3. The minimum absolute atomic E-state index is 0.170. The summed E-state index contributed by atoms with van der Waals surface area (Å²) < 4.78 is 22.5. The maximum Gasteiger partial charge on any atom is 0.151 e. The van der Waals surface area contributed by atoms with Crippen molar-refractivity contribution in [2.75, 3.05) is 18.1 Å². The molecule has 0 bridgehead atoms. The lowest BCUT2D eigenvalue weighted by Gasteiger charge is -2.27. The summed E-state index contributed by atoms with van der Waals surface area (Å²) >= 11 is 6.15. The van der Waals surface area contributed by atoms with Gasteiger partial charge >= 0.3 is 0 Å². The van der Waals surface area contributed by atoms with Gasteiger partial charge in [-0.2, -0.15) is 0 Å². The molecule has 3 nitrogen and oxygen atoms in total. The van der Waals surface area contributed by atoms with Gasteiger partial charge in [-0.25, -0.2) is 8.42 Å². The maximum absolute atomic E-state index is 11.2. The molecule has 0 amide bonds. The highest BCUT2D eigenvalue weighted by Gasteiger charge is 2.22. The third kappa shape index (κ3) is 4.70. The van der Waals surface area contributed by atoms with Crippen LogP contribution >= 0.6 is 11.6 Å². The van der Waals surface area contributed by atoms with Gasteiger partial charge in [-0.3, -0.25) is 0 Å². The Hall–Kier alpha value is 0.200. The molecule has 0 saturated heterocycles. The van der Waals surface area contributed by atoms with E-state index in [-0.39, 0.29) is 16.9 Å².